The average molecular weight is 1700 g/mol. The van der Waals surface area contributed by atoms with E-state index in [1.165, 1.54) is 23.6 Å². The van der Waals surface area contributed by atoms with Gasteiger partial charge in [-0.2, -0.15) is 0 Å². The molecule has 4 aliphatic rings. The van der Waals surface area contributed by atoms with Crippen LogP contribution >= 0.6 is 0 Å². The number of rotatable bonds is 26. The molecule has 4 aliphatic heterocycles. The Bertz CT molecular complexity index is 4770. The summed E-state index contributed by atoms with van der Waals surface area (Å²) in [6.07, 6.45) is 7.21. The maximum atomic E-state index is 14.5. The van der Waals surface area contributed by atoms with Crippen LogP contribution in [0.2, 0.25) is 0 Å². The largest absolute Gasteiger partial charge is 0.370 e. The van der Waals surface area contributed by atoms with Crippen LogP contribution < -0.4 is 98.2 Å². The summed E-state index contributed by atoms with van der Waals surface area (Å²) >= 11 is 0. The van der Waals surface area contributed by atoms with E-state index in [4.69, 9.17) is 34.4 Å². The predicted octanol–water partition coefficient (Wildman–Crippen LogP) is -2.61. The summed E-state index contributed by atoms with van der Waals surface area (Å²) in [5.74, 6) is -8.37. The molecule has 14 amide bonds. The smallest absolute Gasteiger partial charge is 0.245 e. The average Bonchev–Trinajstić information content (AvgIpc) is 1.70. The van der Waals surface area contributed by atoms with E-state index in [9.17, 15) is 67.1 Å². The lowest BCUT2D eigenvalue weighted by molar-refractivity contribution is -0.142. The Morgan fingerprint density at radius 1 is 0.423 bits per heavy atom. The molecule has 6 heterocycles. The number of hydrogen-bond acceptors (Lipinski definition) is 17. The van der Waals surface area contributed by atoms with E-state index in [1.54, 1.807) is 12.4 Å². The molecule has 0 unspecified atom stereocenters. The van der Waals surface area contributed by atoms with Gasteiger partial charge >= 0.3 is 0 Å². The van der Waals surface area contributed by atoms with Gasteiger partial charge in [-0.1, -0.05) is 97.1 Å². The van der Waals surface area contributed by atoms with Crippen molar-refractivity contribution in [3.63, 3.8) is 0 Å². The SMILES string of the molecule is CC(=O)N[C@@H](Cc1ccccc1)C(=O)N[C@H]1CCCNC(=O)[C@H](CCCN=C(N)N)NC(=O)[C@H](Cc2c[nH]c3ccccc23)NC(=O)CNC(=O)[C@@H]2CCCN2C1=O.CC(=O)N[C@@H](Cc1ccccc1)C(=O)N[C@H]1CCCNC(=O)[C@H](CCCN=C(N)N)NC(=O)[C@H](Cc2c[nH]c3ccccc23)NC(=O)[C@@H](CCCN=C(N)N)NC(=O)[C@@H]2CCCN2C1=O. The second-order valence-electron chi connectivity index (χ2n) is 30.8. The summed E-state index contributed by atoms with van der Waals surface area (Å²) in [6, 6.07) is 21.2. The monoisotopic (exact) mass is 1700 g/mol. The summed E-state index contributed by atoms with van der Waals surface area (Å²) in [7, 11) is 0. The number of aromatic amines is 2. The van der Waals surface area contributed by atoms with Crippen molar-refractivity contribution in [1.29, 1.82) is 0 Å². The van der Waals surface area contributed by atoms with Gasteiger partial charge in [0.15, 0.2) is 17.9 Å². The van der Waals surface area contributed by atoms with E-state index < -0.39 is 156 Å². The van der Waals surface area contributed by atoms with Crippen LogP contribution in [0.15, 0.2) is 137 Å². The highest BCUT2D eigenvalue weighted by Gasteiger charge is 2.42. The van der Waals surface area contributed by atoms with Gasteiger partial charge in [0.05, 0.1) is 6.54 Å². The molecule has 11 atom stereocenters. The molecule has 660 valence electrons. The molecule has 4 saturated heterocycles. The van der Waals surface area contributed by atoms with E-state index in [0.717, 1.165) is 44.1 Å². The van der Waals surface area contributed by atoms with Gasteiger partial charge in [-0.3, -0.25) is 82.1 Å². The quantitative estimate of drug-likeness (QED) is 0.0150. The lowest BCUT2D eigenvalue weighted by Crippen LogP contribution is -2.60. The van der Waals surface area contributed by atoms with E-state index in [1.807, 2.05) is 109 Å². The molecule has 4 fully saturated rings. The molecule has 0 spiro atoms. The number of hydrogen-bond donors (Lipinski definition) is 20. The van der Waals surface area contributed by atoms with E-state index in [-0.39, 0.29) is 147 Å². The van der Waals surface area contributed by atoms with Crippen LogP contribution in [0.3, 0.4) is 0 Å². The van der Waals surface area contributed by atoms with Gasteiger partial charge < -0.3 is 118 Å². The van der Waals surface area contributed by atoms with Gasteiger partial charge in [-0.25, -0.2) is 0 Å². The highest BCUT2D eigenvalue weighted by Crippen LogP contribution is 2.26. The predicted molar refractivity (Wildman–Crippen MR) is 460 cm³/mol. The van der Waals surface area contributed by atoms with Crippen molar-refractivity contribution in [2.24, 2.45) is 49.4 Å². The van der Waals surface area contributed by atoms with Crippen molar-refractivity contribution in [1.82, 2.24) is 83.6 Å². The first-order valence-electron chi connectivity index (χ1n) is 41.5. The fourth-order valence-corrected chi connectivity index (χ4v) is 15.3. The van der Waals surface area contributed by atoms with Crippen LogP contribution in [0.1, 0.15) is 126 Å². The third kappa shape index (κ3) is 28.8. The zero-order valence-electron chi connectivity index (χ0n) is 69.2. The zero-order chi connectivity index (χ0) is 88.5. The third-order valence-corrected chi connectivity index (χ3v) is 21.4. The molecular weight excluding hydrogens is 1580 g/mol. The Morgan fingerprint density at radius 2 is 0.789 bits per heavy atom. The van der Waals surface area contributed by atoms with Crippen molar-refractivity contribution in [2.45, 2.75) is 196 Å². The number of carbonyl (C=O) groups excluding carboxylic acids is 14. The molecule has 10 rings (SSSR count). The molecule has 0 saturated carbocycles. The van der Waals surface area contributed by atoms with Gasteiger partial charge in [0.1, 0.15) is 66.5 Å². The fourth-order valence-electron chi connectivity index (χ4n) is 15.3. The molecule has 4 aromatic carbocycles. The van der Waals surface area contributed by atoms with Gasteiger partial charge in [0.25, 0.3) is 0 Å². The number of para-hydroxylation sites is 2. The van der Waals surface area contributed by atoms with Gasteiger partial charge in [0, 0.05) is 120 Å². The summed E-state index contributed by atoms with van der Waals surface area (Å²) < 4.78 is 0. The lowest BCUT2D eigenvalue weighted by Gasteiger charge is -2.31. The normalized spacial score (nSPS) is 21.6. The summed E-state index contributed by atoms with van der Waals surface area (Å²) in [4.78, 5) is 213. The summed E-state index contributed by atoms with van der Waals surface area (Å²) in [5.41, 5.74) is 37.8. The van der Waals surface area contributed by atoms with Crippen LogP contribution in [0.25, 0.3) is 21.8 Å². The minimum absolute atomic E-state index is 0.0186. The van der Waals surface area contributed by atoms with Gasteiger partial charge in [0.2, 0.25) is 82.7 Å². The maximum absolute atomic E-state index is 14.5. The number of benzene rings is 4. The zero-order valence-corrected chi connectivity index (χ0v) is 69.2. The molecule has 39 heteroatoms. The number of aliphatic imine (C=N–C) groups is 3. The molecule has 6 aromatic rings. The molecule has 0 radical (unpaired) electrons. The first kappa shape index (κ1) is 93.2. The fraction of sp³-hybridized carbons (Fsp3) is 0.464. The first-order chi connectivity index (χ1) is 59.1. The summed E-state index contributed by atoms with van der Waals surface area (Å²) in [6.45, 7) is 3.13. The second kappa shape index (κ2) is 46.8. The molecule has 123 heavy (non-hydrogen) atoms. The topological polar surface area (TPSA) is 615 Å². The molecule has 39 nitrogen and oxygen atoms in total. The Hall–Kier alpha value is -13.6. The summed E-state index contributed by atoms with van der Waals surface area (Å²) in [5, 5.41) is 35.0. The van der Waals surface area contributed by atoms with Crippen molar-refractivity contribution >= 4 is 122 Å². The highest BCUT2D eigenvalue weighted by atomic mass is 16.2. The van der Waals surface area contributed by atoms with E-state index in [2.05, 4.69) is 88.7 Å². The van der Waals surface area contributed by atoms with Crippen LogP contribution in [0, 0.1) is 0 Å². The number of nitrogens with one attached hydrogen (secondary N) is 14. The van der Waals surface area contributed by atoms with Crippen molar-refractivity contribution in [3.8, 4) is 0 Å². The maximum Gasteiger partial charge on any atom is 0.245 e. The van der Waals surface area contributed by atoms with Gasteiger partial charge in [-0.15, -0.1) is 0 Å². The molecule has 0 bridgehead atoms. The Morgan fingerprint density at radius 3 is 1.20 bits per heavy atom. The Labute approximate surface area is 711 Å². The molecular formula is C84H115N25O14. The number of guanidine groups is 3. The van der Waals surface area contributed by atoms with Crippen molar-refractivity contribution in [3.05, 3.63) is 144 Å². The third-order valence-electron chi connectivity index (χ3n) is 21.4. The first-order valence-corrected chi connectivity index (χ1v) is 41.5. The van der Waals surface area contributed by atoms with Crippen LogP contribution in [-0.2, 0) is 92.8 Å². The highest BCUT2D eigenvalue weighted by molar-refractivity contribution is 6.00. The minimum Gasteiger partial charge on any atom is -0.370 e. The number of aromatic nitrogens is 2. The molecule has 26 N–H and O–H groups in total. The molecule has 2 aromatic heterocycles. The number of carbonyl (C=O) groups is 14. The Balaban J connectivity index is 0.000000281. The van der Waals surface area contributed by atoms with Crippen molar-refractivity contribution < 1.29 is 67.1 Å². The second-order valence-corrected chi connectivity index (χ2v) is 30.8. The number of H-pyrrole nitrogens is 2. The Kier molecular flexibility index (Phi) is 35.5. The van der Waals surface area contributed by atoms with Crippen LogP contribution in [0.4, 0.5) is 0 Å². The number of nitrogens with zero attached hydrogens (tertiary/aromatic N) is 5. The van der Waals surface area contributed by atoms with Gasteiger partial charge in [-0.05, 0) is 124 Å². The lowest BCUT2D eigenvalue weighted by atomic mass is 10.0. The van der Waals surface area contributed by atoms with E-state index in [0.29, 0.717) is 32.1 Å². The van der Waals surface area contributed by atoms with E-state index >= 15 is 0 Å². The number of fused-ring (bicyclic) bond motifs is 4. The number of amides is 14. The number of nitrogens with two attached hydrogens (primary N) is 6. The standard InChI is InChI=1S/C44H62N14O7.C40H53N11O7/c1-26(59)53-34(23-27-11-3-2-4-12-27)39(62)56-33-17-9-19-49-37(60)31(15-7-20-50-43(45)46)54-40(63)35(24-28-25-52-30-14-6-5-13-29(28)30)57-38(61)32(16-8-21-51-44(47)48)55-41(64)36-18-10-22-58(36)42(33)65;1-24(52)47-31(20-25-10-3-2-4-11-25)36(55)50-30-15-8-17-43-35(54)29(14-7-18-44-40(41)42)49-37(56)32(21-26-22-45-28-13-6-5-12-27(26)28)48-34(53)23-46-38(57)33-16-9-19-51(33)39(30)58/h2-6,11-14,25,31-36,52H,7-10,15-24H2,1H3,(H,49,60)(H,53,59)(H,54,63)(H,55,64)(H,56,62)(H,57,61)(H4,45,46,50)(H4,47,48,51);2-6,10-13,22,29-33,45H,7-9,14-21,23H2,1H3,(H,43,54)(H,46,57)(H,47,52)(H,48,53)(H,49,56)(H,50,55)(H4,41,42,44)/t31-,32+,33-,34-,35-,36-;29-,30-,31-,32-,33-/m00/s1. The molecule has 0 aliphatic carbocycles. The van der Waals surface area contributed by atoms with Crippen LogP contribution in [0.5, 0.6) is 0 Å². The van der Waals surface area contributed by atoms with Crippen molar-refractivity contribution in [2.75, 3.05) is 52.4 Å². The van der Waals surface area contributed by atoms with Crippen LogP contribution in [-0.4, -0.2) is 239 Å². The minimum atomic E-state index is -1.22.